The summed E-state index contributed by atoms with van der Waals surface area (Å²) in [5.41, 5.74) is 7.31. The Labute approximate surface area is 101 Å². The molecule has 2 rings (SSSR count). The number of anilines is 2. The SMILES string of the molecule is C/C=C/CCNc1ncnc2cc(N)ccc12. The van der Waals surface area contributed by atoms with Gasteiger partial charge in [0, 0.05) is 17.6 Å². The fraction of sp³-hybridized carbons (Fsp3) is 0.231. The van der Waals surface area contributed by atoms with Crippen molar-refractivity contribution in [2.45, 2.75) is 13.3 Å². The molecule has 0 radical (unpaired) electrons. The van der Waals surface area contributed by atoms with E-state index in [0.29, 0.717) is 0 Å². The minimum Gasteiger partial charge on any atom is -0.399 e. The maximum Gasteiger partial charge on any atom is 0.137 e. The van der Waals surface area contributed by atoms with Gasteiger partial charge in [-0.2, -0.15) is 0 Å². The maximum absolute atomic E-state index is 5.72. The highest BCUT2D eigenvalue weighted by molar-refractivity contribution is 5.90. The molecule has 88 valence electrons. The summed E-state index contributed by atoms with van der Waals surface area (Å²) in [6, 6.07) is 5.67. The standard InChI is InChI=1S/C13H16N4/c1-2-3-4-7-15-13-11-6-5-10(14)8-12(11)16-9-17-13/h2-3,5-6,8-9H,4,7,14H2,1H3,(H,15,16,17)/b3-2+. The molecule has 0 saturated heterocycles. The molecule has 0 aliphatic heterocycles. The number of nitrogen functional groups attached to an aromatic ring is 1. The third-order valence-corrected chi connectivity index (χ3v) is 2.50. The summed E-state index contributed by atoms with van der Waals surface area (Å²) < 4.78 is 0. The summed E-state index contributed by atoms with van der Waals surface area (Å²) >= 11 is 0. The second-order valence-electron chi connectivity index (χ2n) is 3.78. The van der Waals surface area contributed by atoms with Crippen molar-refractivity contribution < 1.29 is 0 Å². The van der Waals surface area contributed by atoms with E-state index in [2.05, 4.69) is 21.4 Å². The number of allylic oxidation sites excluding steroid dienone is 1. The Kier molecular flexibility index (Phi) is 3.55. The van der Waals surface area contributed by atoms with Crippen molar-refractivity contribution in [1.82, 2.24) is 9.97 Å². The Morgan fingerprint density at radius 3 is 3.06 bits per heavy atom. The molecular weight excluding hydrogens is 212 g/mol. The third-order valence-electron chi connectivity index (χ3n) is 2.50. The molecule has 0 fully saturated rings. The van der Waals surface area contributed by atoms with Crippen molar-refractivity contribution >= 4 is 22.4 Å². The van der Waals surface area contributed by atoms with Gasteiger partial charge in [-0.3, -0.25) is 0 Å². The largest absolute Gasteiger partial charge is 0.399 e. The fourth-order valence-electron chi connectivity index (χ4n) is 1.66. The number of fused-ring (bicyclic) bond motifs is 1. The molecule has 2 aromatic rings. The van der Waals surface area contributed by atoms with Crippen LogP contribution in [0, 0.1) is 0 Å². The molecule has 1 aromatic heterocycles. The van der Waals surface area contributed by atoms with Gasteiger partial charge in [0.25, 0.3) is 0 Å². The normalized spacial score (nSPS) is 11.1. The van der Waals surface area contributed by atoms with Crippen LogP contribution >= 0.6 is 0 Å². The molecule has 4 nitrogen and oxygen atoms in total. The molecule has 0 aliphatic rings. The van der Waals surface area contributed by atoms with Gasteiger partial charge in [-0.25, -0.2) is 9.97 Å². The zero-order valence-corrected chi connectivity index (χ0v) is 9.85. The lowest BCUT2D eigenvalue weighted by atomic mass is 10.2. The Bertz CT molecular complexity index is 534. The van der Waals surface area contributed by atoms with Gasteiger partial charge in [-0.1, -0.05) is 12.2 Å². The van der Waals surface area contributed by atoms with Crippen LogP contribution in [-0.4, -0.2) is 16.5 Å². The number of nitrogens with one attached hydrogen (secondary N) is 1. The number of nitrogens with zero attached hydrogens (tertiary/aromatic N) is 2. The van der Waals surface area contributed by atoms with Crippen molar-refractivity contribution in [3.8, 4) is 0 Å². The molecule has 0 amide bonds. The average molecular weight is 228 g/mol. The van der Waals surface area contributed by atoms with E-state index in [1.807, 2.05) is 31.2 Å². The molecule has 0 saturated carbocycles. The lowest BCUT2D eigenvalue weighted by molar-refractivity contribution is 1.04. The number of nitrogens with two attached hydrogens (primary N) is 1. The van der Waals surface area contributed by atoms with E-state index in [1.54, 1.807) is 6.33 Å². The lowest BCUT2D eigenvalue weighted by Crippen LogP contribution is -2.03. The van der Waals surface area contributed by atoms with Crippen LogP contribution in [0.1, 0.15) is 13.3 Å². The van der Waals surface area contributed by atoms with Gasteiger partial charge in [-0.15, -0.1) is 0 Å². The highest BCUT2D eigenvalue weighted by Crippen LogP contribution is 2.20. The van der Waals surface area contributed by atoms with E-state index in [1.165, 1.54) is 0 Å². The van der Waals surface area contributed by atoms with Gasteiger partial charge in [0.2, 0.25) is 0 Å². The van der Waals surface area contributed by atoms with Crippen LogP contribution < -0.4 is 11.1 Å². The van der Waals surface area contributed by atoms with Crippen LogP contribution in [0.3, 0.4) is 0 Å². The second kappa shape index (κ2) is 5.30. The van der Waals surface area contributed by atoms with Crippen LogP contribution in [-0.2, 0) is 0 Å². The van der Waals surface area contributed by atoms with Gasteiger partial charge < -0.3 is 11.1 Å². The summed E-state index contributed by atoms with van der Waals surface area (Å²) in [5, 5.41) is 4.30. The van der Waals surface area contributed by atoms with Gasteiger partial charge in [0.1, 0.15) is 12.1 Å². The molecule has 0 atom stereocenters. The predicted molar refractivity (Wildman–Crippen MR) is 71.9 cm³/mol. The Hall–Kier alpha value is -2.10. The van der Waals surface area contributed by atoms with Crippen molar-refractivity contribution in [2.24, 2.45) is 0 Å². The highest BCUT2D eigenvalue weighted by atomic mass is 15.0. The van der Waals surface area contributed by atoms with E-state index in [-0.39, 0.29) is 0 Å². The molecule has 0 unspecified atom stereocenters. The fourth-order valence-corrected chi connectivity index (χ4v) is 1.66. The highest BCUT2D eigenvalue weighted by Gasteiger charge is 2.02. The van der Waals surface area contributed by atoms with E-state index < -0.39 is 0 Å². The van der Waals surface area contributed by atoms with Crippen molar-refractivity contribution in [2.75, 3.05) is 17.6 Å². The van der Waals surface area contributed by atoms with Crippen molar-refractivity contribution in [3.05, 3.63) is 36.7 Å². The maximum atomic E-state index is 5.72. The average Bonchev–Trinajstić information content (AvgIpc) is 2.34. The van der Waals surface area contributed by atoms with Crippen molar-refractivity contribution in [3.63, 3.8) is 0 Å². The molecule has 17 heavy (non-hydrogen) atoms. The minimum atomic E-state index is 0.719. The van der Waals surface area contributed by atoms with Gasteiger partial charge in [-0.05, 0) is 31.5 Å². The number of hydrogen-bond acceptors (Lipinski definition) is 4. The molecule has 0 bridgehead atoms. The minimum absolute atomic E-state index is 0.719. The first-order valence-corrected chi connectivity index (χ1v) is 5.66. The predicted octanol–water partition coefficient (Wildman–Crippen LogP) is 2.59. The van der Waals surface area contributed by atoms with Crippen molar-refractivity contribution in [1.29, 1.82) is 0 Å². The molecule has 0 aliphatic carbocycles. The summed E-state index contributed by atoms with van der Waals surface area (Å²) in [6.45, 7) is 2.88. The van der Waals surface area contributed by atoms with Gasteiger partial charge in [0.05, 0.1) is 5.52 Å². The number of rotatable bonds is 4. The van der Waals surface area contributed by atoms with Gasteiger partial charge in [0.15, 0.2) is 0 Å². The smallest absolute Gasteiger partial charge is 0.137 e. The van der Waals surface area contributed by atoms with E-state index in [0.717, 1.165) is 35.4 Å². The van der Waals surface area contributed by atoms with E-state index in [9.17, 15) is 0 Å². The van der Waals surface area contributed by atoms with Crippen LogP contribution in [0.4, 0.5) is 11.5 Å². The Balaban J connectivity index is 2.22. The molecule has 3 N–H and O–H groups in total. The molecular formula is C13H16N4. The second-order valence-corrected chi connectivity index (χ2v) is 3.78. The molecule has 4 heteroatoms. The first-order valence-electron chi connectivity index (χ1n) is 5.66. The van der Waals surface area contributed by atoms with Crippen LogP contribution in [0.2, 0.25) is 0 Å². The molecule has 0 spiro atoms. The summed E-state index contributed by atoms with van der Waals surface area (Å²) in [7, 11) is 0. The zero-order valence-electron chi connectivity index (χ0n) is 9.85. The quantitative estimate of drug-likeness (QED) is 0.479. The van der Waals surface area contributed by atoms with Crippen LogP contribution in [0.5, 0.6) is 0 Å². The first kappa shape index (κ1) is 11.4. The third kappa shape index (κ3) is 2.72. The van der Waals surface area contributed by atoms with E-state index >= 15 is 0 Å². The number of hydrogen-bond donors (Lipinski definition) is 2. The van der Waals surface area contributed by atoms with Crippen LogP contribution in [0.15, 0.2) is 36.7 Å². The van der Waals surface area contributed by atoms with E-state index in [4.69, 9.17) is 5.73 Å². The summed E-state index contributed by atoms with van der Waals surface area (Å²) in [5.74, 6) is 0.861. The van der Waals surface area contributed by atoms with Gasteiger partial charge >= 0.3 is 0 Å². The summed E-state index contributed by atoms with van der Waals surface area (Å²) in [4.78, 5) is 8.45. The first-order chi connectivity index (χ1) is 8.31. The molecule has 1 heterocycles. The lowest BCUT2D eigenvalue weighted by Gasteiger charge is -2.07. The topological polar surface area (TPSA) is 63.8 Å². The monoisotopic (exact) mass is 228 g/mol. The summed E-state index contributed by atoms with van der Waals surface area (Å²) in [6.07, 6.45) is 6.70. The zero-order chi connectivity index (χ0) is 12.1. The number of aromatic nitrogens is 2. The number of benzene rings is 1. The Morgan fingerprint density at radius 2 is 2.24 bits per heavy atom. The Morgan fingerprint density at radius 1 is 1.35 bits per heavy atom. The molecule has 1 aromatic carbocycles. The van der Waals surface area contributed by atoms with Crippen LogP contribution in [0.25, 0.3) is 10.9 Å².